The van der Waals surface area contributed by atoms with Crippen molar-refractivity contribution in [1.82, 2.24) is 10.6 Å². The molecule has 1 fully saturated rings. The van der Waals surface area contributed by atoms with Gasteiger partial charge in [0.1, 0.15) is 5.75 Å². The standard InChI is InChI=1S/C20H33N3O3/c1-4-21-19(23-14-20(8-10-24)9-11-25-15-20)22-13-17-6-5-7-18(12-17)26-16(2)3/h5-7,12,16,24H,4,8-11,13-15H2,1-3H3,(H2,21,22,23). The van der Waals surface area contributed by atoms with Crippen LogP contribution in [0, 0.1) is 5.41 Å². The van der Waals surface area contributed by atoms with Gasteiger partial charge in [0.05, 0.1) is 19.3 Å². The molecule has 0 amide bonds. The monoisotopic (exact) mass is 363 g/mol. The third kappa shape index (κ3) is 6.50. The predicted molar refractivity (Wildman–Crippen MR) is 105 cm³/mol. The fraction of sp³-hybridized carbons (Fsp3) is 0.650. The first-order chi connectivity index (χ1) is 12.6. The zero-order valence-corrected chi connectivity index (χ0v) is 16.3. The first-order valence-electron chi connectivity index (χ1n) is 9.53. The van der Waals surface area contributed by atoms with Crippen molar-refractivity contribution in [2.75, 3.05) is 32.9 Å². The van der Waals surface area contributed by atoms with Crippen LogP contribution < -0.4 is 15.4 Å². The molecule has 0 saturated carbocycles. The lowest BCUT2D eigenvalue weighted by Gasteiger charge is -2.27. The average Bonchev–Trinajstić information content (AvgIpc) is 3.06. The number of hydrogen-bond donors (Lipinski definition) is 3. The van der Waals surface area contributed by atoms with E-state index in [1.165, 1.54) is 0 Å². The van der Waals surface area contributed by atoms with Gasteiger partial charge in [-0.15, -0.1) is 0 Å². The maximum Gasteiger partial charge on any atom is 0.191 e. The molecule has 1 heterocycles. The lowest BCUT2D eigenvalue weighted by Crippen LogP contribution is -2.44. The second-order valence-corrected chi connectivity index (χ2v) is 7.14. The van der Waals surface area contributed by atoms with Gasteiger partial charge in [-0.25, -0.2) is 4.99 Å². The molecule has 0 radical (unpaired) electrons. The minimum Gasteiger partial charge on any atom is -0.491 e. The van der Waals surface area contributed by atoms with E-state index in [0.29, 0.717) is 13.2 Å². The Hall–Kier alpha value is -1.79. The van der Waals surface area contributed by atoms with Gasteiger partial charge in [0.2, 0.25) is 0 Å². The van der Waals surface area contributed by atoms with Crippen LogP contribution in [-0.2, 0) is 11.3 Å². The summed E-state index contributed by atoms with van der Waals surface area (Å²) in [6.07, 6.45) is 1.87. The fourth-order valence-electron chi connectivity index (χ4n) is 3.08. The van der Waals surface area contributed by atoms with E-state index in [1.54, 1.807) is 0 Å². The minimum absolute atomic E-state index is 0.00401. The minimum atomic E-state index is -0.00401. The molecule has 1 saturated heterocycles. The summed E-state index contributed by atoms with van der Waals surface area (Å²) in [4.78, 5) is 4.69. The zero-order chi connectivity index (χ0) is 18.8. The summed E-state index contributed by atoms with van der Waals surface area (Å²) >= 11 is 0. The topological polar surface area (TPSA) is 75.1 Å². The second kappa shape index (κ2) is 10.4. The Balaban J connectivity index is 1.97. The molecule has 6 heteroatoms. The molecule has 0 aromatic heterocycles. The van der Waals surface area contributed by atoms with E-state index in [2.05, 4.69) is 23.6 Å². The molecule has 1 aromatic carbocycles. The molecule has 2 rings (SSSR count). The number of ether oxygens (including phenoxy) is 2. The largest absolute Gasteiger partial charge is 0.491 e. The highest BCUT2D eigenvalue weighted by atomic mass is 16.5. The van der Waals surface area contributed by atoms with Crippen LogP contribution in [-0.4, -0.2) is 50.1 Å². The van der Waals surface area contributed by atoms with Crippen molar-refractivity contribution in [1.29, 1.82) is 0 Å². The van der Waals surface area contributed by atoms with Crippen LogP contribution in [0.3, 0.4) is 0 Å². The molecule has 0 spiro atoms. The summed E-state index contributed by atoms with van der Waals surface area (Å²) in [5, 5.41) is 16.1. The van der Waals surface area contributed by atoms with E-state index in [1.807, 2.05) is 32.0 Å². The van der Waals surface area contributed by atoms with Crippen LogP contribution in [0.4, 0.5) is 0 Å². The molecule has 1 atom stereocenters. The van der Waals surface area contributed by atoms with Crippen molar-refractivity contribution in [3.8, 4) is 5.75 Å². The van der Waals surface area contributed by atoms with Gasteiger partial charge in [-0.05, 0) is 51.3 Å². The van der Waals surface area contributed by atoms with Crippen LogP contribution in [0.1, 0.15) is 39.2 Å². The van der Waals surface area contributed by atoms with Crippen LogP contribution >= 0.6 is 0 Å². The number of nitrogens with one attached hydrogen (secondary N) is 2. The normalized spacial score (nSPS) is 20.4. The number of hydrogen-bond acceptors (Lipinski definition) is 4. The van der Waals surface area contributed by atoms with E-state index < -0.39 is 0 Å². The molecule has 26 heavy (non-hydrogen) atoms. The van der Waals surface area contributed by atoms with Crippen molar-refractivity contribution in [3.05, 3.63) is 29.8 Å². The molecule has 6 nitrogen and oxygen atoms in total. The van der Waals surface area contributed by atoms with Gasteiger partial charge in [0.15, 0.2) is 5.96 Å². The average molecular weight is 364 g/mol. The van der Waals surface area contributed by atoms with Crippen LogP contribution in [0.15, 0.2) is 29.3 Å². The lowest BCUT2D eigenvalue weighted by molar-refractivity contribution is 0.127. The first kappa shape index (κ1) is 20.5. The van der Waals surface area contributed by atoms with Crippen molar-refractivity contribution in [2.45, 2.75) is 46.3 Å². The molecule has 1 unspecified atom stereocenters. The number of nitrogens with zero attached hydrogens (tertiary/aromatic N) is 1. The van der Waals surface area contributed by atoms with Crippen molar-refractivity contribution in [3.63, 3.8) is 0 Å². The molecule has 1 aromatic rings. The summed E-state index contributed by atoms with van der Waals surface area (Å²) in [7, 11) is 0. The molecule has 146 valence electrons. The van der Waals surface area contributed by atoms with Gasteiger partial charge in [-0.1, -0.05) is 12.1 Å². The highest BCUT2D eigenvalue weighted by Crippen LogP contribution is 2.31. The van der Waals surface area contributed by atoms with Crippen LogP contribution in [0.5, 0.6) is 5.75 Å². The zero-order valence-electron chi connectivity index (χ0n) is 16.3. The summed E-state index contributed by atoms with van der Waals surface area (Å²) in [6.45, 7) is 9.85. The van der Waals surface area contributed by atoms with E-state index in [-0.39, 0.29) is 18.1 Å². The van der Waals surface area contributed by atoms with E-state index in [9.17, 15) is 5.11 Å². The molecule has 1 aliphatic rings. The molecule has 3 N–H and O–H groups in total. The molecule has 1 aliphatic heterocycles. The van der Waals surface area contributed by atoms with Crippen LogP contribution in [0.25, 0.3) is 0 Å². The number of rotatable bonds is 9. The first-order valence-corrected chi connectivity index (χ1v) is 9.53. The van der Waals surface area contributed by atoms with E-state index >= 15 is 0 Å². The number of aliphatic hydroxyl groups is 1. The van der Waals surface area contributed by atoms with Gasteiger partial charge >= 0.3 is 0 Å². The molecule has 0 bridgehead atoms. The number of aliphatic imine (C=N–C) groups is 1. The third-order valence-electron chi connectivity index (χ3n) is 4.49. The summed E-state index contributed by atoms with van der Waals surface area (Å²) in [5.41, 5.74) is 1.10. The van der Waals surface area contributed by atoms with Gasteiger partial charge in [-0.2, -0.15) is 0 Å². The summed E-state index contributed by atoms with van der Waals surface area (Å²) in [6, 6.07) is 8.05. The van der Waals surface area contributed by atoms with Crippen molar-refractivity contribution >= 4 is 5.96 Å². The van der Waals surface area contributed by atoms with Gasteiger partial charge in [-0.3, -0.25) is 0 Å². The van der Waals surface area contributed by atoms with E-state index in [4.69, 9.17) is 14.5 Å². The van der Waals surface area contributed by atoms with E-state index in [0.717, 1.165) is 49.8 Å². The SMILES string of the molecule is CCNC(=NCc1cccc(OC(C)C)c1)NCC1(CCO)CCOC1. The highest BCUT2D eigenvalue weighted by Gasteiger charge is 2.34. The Bertz CT molecular complexity index is 569. The van der Waals surface area contributed by atoms with Crippen LogP contribution in [0.2, 0.25) is 0 Å². The van der Waals surface area contributed by atoms with Gasteiger partial charge in [0, 0.05) is 31.7 Å². The smallest absolute Gasteiger partial charge is 0.191 e. The molecule has 0 aliphatic carbocycles. The Labute approximate surface area is 157 Å². The Morgan fingerprint density at radius 1 is 1.38 bits per heavy atom. The van der Waals surface area contributed by atoms with Gasteiger partial charge < -0.3 is 25.2 Å². The number of aliphatic hydroxyl groups excluding tert-OH is 1. The maximum absolute atomic E-state index is 9.36. The van der Waals surface area contributed by atoms with Crippen molar-refractivity contribution < 1.29 is 14.6 Å². The lowest BCUT2D eigenvalue weighted by atomic mass is 9.84. The predicted octanol–water partition coefficient (Wildman–Crippen LogP) is 2.32. The Morgan fingerprint density at radius 2 is 2.23 bits per heavy atom. The number of guanidine groups is 1. The maximum atomic E-state index is 9.36. The third-order valence-corrected chi connectivity index (χ3v) is 4.49. The molecular formula is C20H33N3O3. The van der Waals surface area contributed by atoms with Crippen molar-refractivity contribution in [2.24, 2.45) is 10.4 Å². The Kier molecular flexibility index (Phi) is 8.19. The van der Waals surface area contributed by atoms with Gasteiger partial charge in [0.25, 0.3) is 0 Å². The fourth-order valence-corrected chi connectivity index (χ4v) is 3.08. The highest BCUT2D eigenvalue weighted by molar-refractivity contribution is 5.79. The summed E-state index contributed by atoms with van der Waals surface area (Å²) < 4.78 is 11.3. The molecular weight excluding hydrogens is 330 g/mol. The summed E-state index contributed by atoms with van der Waals surface area (Å²) in [5.74, 6) is 1.66. The number of benzene rings is 1. The Morgan fingerprint density at radius 3 is 2.88 bits per heavy atom. The second-order valence-electron chi connectivity index (χ2n) is 7.14. The quantitative estimate of drug-likeness (QED) is 0.464.